The minimum atomic E-state index is 0.0131. The fourth-order valence-electron chi connectivity index (χ4n) is 3.99. The second-order valence-corrected chi connectivity index (χ2v) is 7.53. The lowest BCUT2D eigenvalue weighted by atomic mass is 9.94. The molecule has 6 heteroatoms. The van der Waals surface area contributed by atoms with Gasteiger partial charge < -0.3 is 15.0 Å². The molecular weight excluding hydrogens is 346 g/mol. The molecule has 0 bridgehead atoms. The standard InChI is InChI=1S/C20H25N3O2S/c24-19-18(21-20(26)23(19)17-4-2-1-3-5-17)14-15-6-8-16(9-7-15)22-10-12-25-13-11-22/h6-9,14,17H,1-5,10-13H2,(H,21,26)/b18-14-. The Hall–Kier alpha value is -1.92. The topological polar surface area (TPSA) is 44.8 Å². The van der Waals surface area contributed by atoms with Crippen molar-refractivity contribution in [1.82, 2.24) is 10.2 Å². The number of nitrogens with one attached hydrogen (secondary N) is 1. The van der Waals surface area contributed by atoms with Crippen molar-refractivity contribution < 1.29 is 9.53 Å². The lowest BCUT2D eigenvalue weighted by Gasteiger charge is -2.29. The van der Waals surface area contributed by atoms with Crippen molar-refractivity contribution in [1.29, 1.82) is 0 Å². The Morgan fingerprint density at radius 2 is 1.77 bits per heavy atom. The number of hydrogen-bond acceptors (Lipinski definition) is 4. The summed E-state index contributed by atoms with van der Waals surface area (Å²) in [6.07, 6.45) is 7.62. The zero-order valence-corrected chi connectivity index (χ0v) is 15.8. The van der Waals surface area contributed by atoms with Gasteiger partial charge in [-0.05, 0) is 48.8 Å². The van der Waals surface area contributed by atoms with Gasteiger partial charge in [-0.1, -0.05) is 31.4 Å². The van der Waals surface area contributed by atoms with Gasteiger partial charge >= 0.3 is 0 Å². The third kappa shape index (κ3) is 3.62. The van der Waals surface area contributed by atoms with Crippen molar-refractivity contribution in [3.8, 4) is 0 Å². The number of benzene rings is 1. The summed E-state index contributed by atoms with van der Waals surface area (Å²) in [5.74, 6) is 0.0131. The molecule has 1 N–H and O–H groups in total. The highest BCUT2D eigenvalue weighted by Crippen LogP contribution is 2.27. The van der Waals surface area contributed by atoms with Crippen LogP contribution in [0.3, 0.4) is 0 Å². The molecular formula is C20H25N3O2S. The molecule has 1 aromatic carbocycles. The number of anilines is 1. The fourth-order valence-corrected chi connectivity index (χ4v) is 4.33. The van der Waals surface area contributed by atoms with Gasteiger partial charge in [0, 0.05) is 24.8 Å². The minimum Gasteiger partial charge on any atom is -0.378 e. The number of thiocarbonyl (C=S) groups is 1. The average Bonchev–Trinajstić information content (AvgIpc) is 2.97. The van der Waals surface area contributed by atoms with Crippen molar-refractivity contribution in [3.05, 3.63) is 35.5 Å². The minimum absolute atomic E-state index is 0.0131. The highest BCUT2D eigenvalue weighted by atomic mass is 32.1. The molecule has 138 valence electrons. The highest BCUT2D eigenvalue weighted by Gasteiger charge is 2.36. The molecule has 0 radical (unpaired) electrons. The van der Waals surface area contributed by atoms with Crippen LogP contribution in [0.25, 0.3) is 6.08 Å². The van der Waals surface area contributed by atoms with E-state index in [1.165, 1.54) is 24.9 Å². The second-order valence-electron chi connectivity index (χ2n) is 7.15. The maximum Gasteiger partial charge on any atom is 0.276 e. The molecule has 2 heterocycles. The van der Waals surface area contributed by atoms with Crippen molar-refractivity contribution >= 4 is 35.0 Å². The number of amides is 1. The summed E-state index contributed by atoms with van der Waals surface area (Å²) >= 11 is 5.43. The van der Waals surface area contributed by atoms with Gasteiger partial charge in [-0.3, -0.25) is 9.69 Å². The molecule has 26 heavy (non-hydrogen) atoms. The van der Waals surface area contributed by atoms with Crippen LogP contribution in [0, 0.1) is 0 Å². The third-order valence-corrected chi connectivity index (χ3v) is 5.73. The van der Waals surface area contributed by atoms with E-state index in [2.05, 4.69) is 34.5 Å². The van der Waals surface area contributed by atoms with Crippen LogP contribution in [0.1, 0.15) is 37.7 Å². The number of rotatable bonds is 3. The van der Waals surface area contributed by atoms with E-state index in [0.717, 1.165) is 44.7 Å². The monoisotopic (exact) mass is 371 g/mol. The van der Waals surface area contributed by atoms with Crippen LogP contribution in [0.5, 0.6) is 0 Å². The molecule has 3 aliphatic rings. The number of morpholine rings is 1. The lowest BCUT2D eigenvalue weighted by Crippen LogP contribution is -2.41. The van der Waals surface area contributed by atoms with Crippen molar-refractivity contribution in [2.24, 2.45) is 0 Å². The van der Waals surface area contributed by atoms with Crippen molar-refractivity contribution in [2.45, 2.75) is 38.1 Å². The molecule has 3 fully saturated rings. The molecule has 0 atom stereocenters. The Morgan fingerprint density at radius 1 is 1.08 bits per heavy atom. The van der Waals surface area contributed by atoms with Crippen LogP contribution in [-0.4, -0.2) is 48.3 Å². The lowest BCUT2D eigenvalue weighted by molar-refractivity contribution is -0.124. The van der Waals surface area contributed by atoms with E-state index in [0.29, 0.717) is 10.8 Å². The first kappa shape index (κ1) is 17.5. The first-order valence-corrected chi connectivity index (χ1v) is 9.92. The quantitative estimate of drug-likeness (QED) is 0.654. The molecule has 4 rings (SSSR count). The zero-order chi connectivity index (χ0) is 17.9. The van der Waals surface area contributed by atoms with Crippen LogP contribution < -0.4 is 10.2 Å². The van der Waals surface area contributed by atoms with Gasteiger partial charge in [-0.25, -0.2) is 0 Å². The number of carbonyl (C=O) groups excluding carboxylic acids is 1. The number of ether oxygens (including phenoxy) is 1. The predicted octanol–water partition coefficient (Wildman–Crippen LogP) is 2.91. The van der Waals surface area contributed by atoms with Crippen LogP contribution >= 0.6 is 12.2 Å². The summed E-state index contributed by atoms with van der Waals surface area (Å²) in [6.45, 7) is 3.40. The summed E-state index contributed by atoms with van der Waals surface area (Å²) in [7, 11) is 0. The number of hydrogen-bond donors (Lipinski definition) is 1. The van der Waals surface area contributed by atoms with Crippen LogP contribution in [0.15, 0.2) is 30.0 Å². The summed E-state index contributed by atoms with van der Waals surface area (Å²) < 4.78 is 5.40. The maximum atomic E-state index is 12.8. The molecule has 1 amide bonds. The Kier molecular flexibility index (Phi) is 5.22. The molecule has 1 saturated carbocycles. The van der Waals surface area contributed by atoms with E-state index in [-0.39, 0.29) is 11.9 Å². The Morgan fingerprint density at radius 3 is 2.46 bits per heavy atom. The van der Waals surface area contributed by atoms with Crippen LogP contribution in [-0.2, 0) is 9.53 Å². The molecule has 0 unspecified atom stereocenters. The zero-order valence-electron chi connectivity index (χ0n) is 14.9. The van der Waals surface area contributed by atoms with Crippen LogP contribution in [0.2, 0.25) is 0 Å². The van der Waals surface area contributed by atoms with Gasteiger partial charge in [0.25, 0.3) is 5.91 Å². The summed E-state index contributed by atoms with van der Waals surface area (Å²) in [5.41, 5.74) is 2.78. The van der Waals surface area contributed by atoms with Gasteiger partial charge in [0.05, 0.1) is 13.2 Å². The molecule has 0 spiro atoms. The van der Waals surface area contributed by atoms with E-state index >= 15 is 0 Å². The molecule has 2 saturated heterocycles. The SMILES string of the molecule is O=C1/C(=C/c2ccc(N3CCOCC3)cc2)NC(=S)N1C1CCCCC1. The number of nitrogens with zero attached hydrogens (tertiary/aromatic N) is 2. The fraction of sp³-hybridized carbons (Fsp3) is 0.500. The van der Waals surface area contributed by atoms with Gasteiger partial charge in [0.2, 0.25) is 0 Å². The molecule has 1 aromatic rings. The highest BCUT2D eigenvalue weighted by molar-refractivity contribution is 7.80. The van der Waals surface area contributed by atoms with Gasteiger partial charge in [0.1, 0.15) is 5.70 Å². The smallest absolute Gasteiger partial charge is 0.276 e. The van der Waals surface area contributed by atoms with E-state index in [4.69, 9.17) is 17.0 Å². The summed E-state index contributed by atoms with van der Waals surface area (Å²) in [6, 6.07) is 8.58. The third-order valence-electron chi connectivity index (χ3n) is 5.43. The van der Waals surface area contributed by atoms with Crippen LogP contribution in [0.4, 0.5) is 5.69 Å². The Balaban J connectivity index is 1.47. The first-order chi connectivity index (χ1) is 12.7. The average molecular weight is 372 g/mol. The van der Waals surface area contributed by atoms with Gasteiger partial charge in [0.15, 0.2) is 5.11 Å². The van der Waals surface area contributed by atoms with Gasteiger partial charge in [-0.2, -0.15) is 0 Å². The van der Waals surface area contributed by atoms with E-state index in [1.54, 1.807) is 4.90 Å². The molecule has 1 aliphatic carbocycles. The largest absolute Gasteiger partial charge is 0.378 e. The Bertz CT molecular complexity index is 704. The molecule has 5 nitrogen and oxygen atoms in total. The first-order valence-electron chi connectivity index (χ1n) is 9.51. The van der Waals surface area contributed by atoms with Crippen molar-refractivity contribution in [3.63, 3.8) is 0 Å². The maximum absolute atomic E-state index is 12.8. The second kappa shape index (κ2) is 7.76. The molecule has 2 aliphatic heterocycles. The predicted molar refractivity (Wildman–Crippen MR) is 107 cm³/mol. The van der Waals surface area contributed by atoms with Crippen molar-refractivity contribution in [2.75, 3.05) is 31.2 Å². The Labute approximate surface area is 160 Å². The molecule has 0 aromatic heterocycles. The van der Waals surface area contributed by atoms with E-state index < -0.39 is 0 Å². The normalized spacial score (nSPS) is 23.6. The number of carbonyl (C=O) groups is 1. The van der Waals surface area contributed by atoms with Gasteiger partial charge in [-0.15, -0.1) is 0 Å². The van der Waals surface area contributed by atoms with E-state index in [9.17, 15) is 4.79 Å². The summed E-state index contributed by atoms with van der Waals surface area (Å²) in [5, 5.41) is 3.67. The van der Waals surface area contributed by atoms with E-state index in [1.807, 2.05) is 6.08 Å². The summed E-state index contributed by atoms with van der Waals surface area (Å²) in [4.78, 5) is 16.9.